The summed E-state index contributed by atoms with van der Waals surface area (Å²) >= 11 is 0. The first-order valence-electron chi connectivity index (χ1n) is 8.01. The van der Waals surface area contributed by atoms with Crippen molar-refractivity contribution in [2.75, 3.05) is 13.1 Å². The topological polar surface area (TPSA) is 33.2 Å². The number of Topliss-reactive ketones (excluding diaryl/α,β-unsaturated/α-hetero) is 1. The second-order valence-electron chi connectivity index (χ2n) is 6.14. The largest absolute Gasteiger partial charge is 0.299 e. The number of nitrogens with zero attached hydrogens (tertiary/aromatic N) is 2. The van der Waals surface area contributed by atoms with E-state index in [1.54, 1.807) is 0 Å². The van der Waals surface area contributed by atoms with Crippen LogP contribution < -0.4 is 0 Å². The van der Waals surface area contributed by atoms with Crippen molar-refractivity contribution in [2.45, 2.75) is 51.0 Å². The summed E-state index contributed by atoms with van der Waals surface area (Å²) in [5.41, 5.74) is 1.16. The summed E-state index contributed by atoms with van der Waals surface area (Å²) in [6.45, 7) is 2.20. The number of pyridine rings is 1. The smallest absolute Gasteiger partial charge is 0.137 e. The van der Waals surface area contributed by atoms with Gasteiger partial charge in [-0.05, 0) is 44.4 Å². The number of hydrogen-bond donors (Lipinski definition) is 0. The maximum Gasteiger partial charge on any atom is 0.137 e. The summed E-state index contributed by atoms with van der Waals surface area (Å²) in [5.74, 6) is 0.832. The van der Waals surface area contributed by atoms with Gasteiger partial charge >= 0.3 is 0 Å². The fourth-order valence-electron chi connectivity index (χ4n) is 3.80. The van der Waals surface area contributed by atoms with Crippen LogP contribution in [-0.2, 0) is 11.2 Å². The van der Waals surface area contributed by atoms with Gasteiger partial charge in [-0.2, -0.15) is 0 Å². The van der Waals surface area contributed by atoms with E-state index in [1.807, 2.05) is 12.3 Å². The predicted octanol–water partition coefficient (Wildman–Crippen LogP) is 2.85. The molecule has 1 aliphatic carbocycles. The van der Waals surface area contributed by atoms with Crippen LogP contribution in [-0.4, -0.2) is 34.8 Å². The summed E-state index contributed by atoms with van der Waals surface area (Å²) < 4.78 is 0. The monoisotopic (exact) mass is 272 g/mol. The van der Waals surface area contributed by atoms with Gasteiger partial charge in [0.1, 0.15) is 5.78 Å². The summed E-state index contributed by atoms with van der Waals surface area (Å²) in [5, 5.41) is 0. The van der Waals surface area contributed by atoms with Gasteiger partial charge in [-0.3, -0.25) is 14.7 Å². The van der Waals surface area contributed by atoms with Gasteiger partial charge in [-0.15, -0.1) is 0 Å². The highest BCUT2D eigenvalue weighted by molar-refractivity contribution is 5.83. The van der Waals surface area contributed by atoms with Crippen molar-refractivity contribution in [3.8, 4) is 0 Å². The van der Waals surface area contributed by atoms with Gasteiger partial charge in [0, 0.05) is 43.2 Å². The fourth-order valence-corrected chi connectivity index (χ4v) is 3.80. The van der Waals surface area contributed by atoms with Crippen LogP contribution in [0.1, 0.15) is 44.2 Å². The van der Waals surface area contributed by atoms with Crippen molar-refractivity contribution in [2.24, 2.45) is 5.92 Å². The maximum absolute atomic E-state index is 12.1. The predicted molar refractivity (Wildman–Crippen MR) is 79.5 cm³/mol. The molecule has 2 unspecified atom stereocenters. The lowest BCUT2D eigenvalue weighted by Gasteiger charge is -2.38. The number of hydrogen-bond acceptors (Lipinski definition) is 3. The standard InChI is InChI=1S/C17H24N2O/c20-17-9-5-7-15(17)16-8-2-4-12-19(16)13-10-14-6-1-3-11-18-14/h1,3,6,11,15-16H,2,4-5,7-10,12-13H2. The van der Waals surface area contributed by atoms with Gasteiger partial charge in [0.05, 0.1) is 0 Å². The van der Waals surface area contributed by atoms with Crippen LogP contribution in [0, 0.1) is 5.92 Å². The molecular formula is C17H24N2O. The number of ketones is 1. The molecule has 2 heterocycles. The maximum atomic E-state index is 12.1. The van der Waals surface area contributed by atoms with Crippen LogP contribution in [0.4, 0.5) is 0 Å². The molecule has 3 heteroatoms. The van der Waals surface area contributed by atoms with Gasteiger partial charge in [0.2, 0.25) is 0 Å². The van der Waals surface area contributed by atoms with Crippen molar-refractivity contribution in [3.63, 3.8) is 0 Å². The minimum absolute atomic E-state index is 0.319. The highest BCUT2D eigenvalue weighted by Crippen LogP contribution is 2.32. The first kappa shape index (κ1) is 13.7. The Hall–Kier alpha value is -1.22. The number of aromatic nitrogens is 1. The zero-order valence-electron chi connectivity index (χ0n) is 12.1. The molecule has 1 aromatic heterocycles. The molecule has 2 atom stereocenters. The molecule has 0 amide bonds. The van der Waals surface area contributed by atoms with Crippen LogP contribution >= 0.6 is 0 Å². The average Bonchev–Trinajstić information content (AvgIpc) is 2.92. The third-order valence-electron chi connectivity index (χ3n) is 4.86. The Labute approximate surface area is 121 Å². The summed E-state index contributed by atoms with van der Waals surface area (Å²) in [6.07, 6.45) is 9.67. The van der Waals surface area contributed by atoms with E-state index in [-0.39, 0.29) is 0 Å². The first-order valence-corrected chi connectivity index (χ1v) is 8.01. The van der Waals surface area contributed by atoms with Crippen molar-refractivity contribution >= 4 is 5.78 Å². The van der Waals surface area contributed by atoms with E-state index < -0.39 is 0 Å². The second-order valence-corrected chi connectivity index (χ2v) is 6.14. The van der Waals surface area contributed by atoms with E-state index >= 15 is 0 Å². The molecule has 1 aliphatic heterocycles. The average molecular weight is 272 g/mol. The minimum atomic E-state index is 0.319. The third kappa shape index (κ3) is 3.09. The van der Waals surface area contributed by atoms with Crippen LogP contribution in [0.3, 0.4) is 0 Å². The summed E-state index contributed by atoms with van der Waals surface area (Å²) in [6, 6.07) is 6.61. The number of piperidine rings is 1. The molecule has 1 saturated heterocycles. The van der Waals surface area contributed by atoms with Crippen molar-refractivity contribution in [1.82, 2.24) is 9.88 Å². The van der Waals surface area contributed by atoms with E-state index in [2.05, 4.69) is 22.0 Å². The fraction of sp³-hybridized carbons (Fsp3) is 0.647. The van der Waals surface area contributed by atoms with Crippen LogP contribution in [0.25, 0.3) is 0 Å². The van der Waals surface area contributed by atoms with E-state index in [9.17, 15) is 4.79 Å². The zero-order valence-corrected chi connectivity index (χ0v) is 12.1. The van der Waals surface area contributed by atoms with Crippen molar-refractivity contribution in [3.05, 3.63) is 30.1 Å². The molecule has 2 aliphatic rings. The summed E-state index contributed by atoms with van der Waals surface area (Å²) in [4.78, 5) is 19.0. The molecule has 3 nitrogen and oxygen atoms in total. The van der Waals surface area contributed by atoms with Crippen LogP contribution in [0.5, 0.6) is 0 Å². The first-order chi connectivity index (χ1) is 9.84. The molecule has 3 rings (SSSR count). The zero-order chi connectivity index (χ0) is 13.8. The van der Waals surface area contributed by atoms with Crippen molar-refractivity contribution in [1.29, 1.82) is 0 Å². The molecule has 0 spiro atoms. The van der Waals surface area contributed by atoms with E-state index in [0.29, 0.717) is 17.7 Å². The number of likely N-dealkylation sites (tertiary alicyclic amines) is 1. The van der Waals surface area contributed by atoms with Gasteiger partial charge in [0.15, 0.2) is 0 Å². The van der Waals surface area contributed by atoms with Gasteiger partial charge < -0.3 is 0 Å². The molecule has 0 bridgehead atoms. The highest BCUT2D eigenvalue weighted by Gasteiger charge is 2.36. The molecule has 1 aromatic rings. The number of rotatable bonds is 4. The molecule has 0 N–H and O–H groups in total. The van der Waals surface area contributed by atoms with Gasteiger partial charge in [-0.25, -0.2) is 0 Å². The Morgan fingerprint density at radius 1 is 1.20 bits per heavy atom. The van der Waals surface area contributed by atoms with Crippen LogP contribution in [0.2, 0.25) is 0 Å². The Morgan fingerprint density at radius 3 is 2.90 bits per heavy atom. The summed E-state index contributed by atoms with van der Waals surface area (Å²) in [7, 11) is 0. The lowest BCUT2D eigenvalue weighted by molar-refractivity contribution is -0.123. The molecule has 0 aromatic carbocycles. The second kappa shape index (κ2) is 6.49. The highest BCUT2D eigenvalue weighted by atomic mass is 16.1. The van der Waals surface area contributed by atoms with Gasteiger partial charge in [0.25, 0.3) is 0 Å². The molecule has 108 valence electrons. The molecule has 2 fully saturated rings. The Bertz CT molecular complexity index is 446. The van der Waals surface area contributed by atoms with Gasteiger partial charge in [-0.1, -0.05) is 12.5 Å². The van der Waals surface area contributed by atoms with E-state index in [1.165, 1.54) is 19.3 Å². The third-order valence-corrected chi connectivity index (χ3v) is 4.86. The quantitative estimate of drug-likeness (QED) is 0.845. The Morgan fingerprint density at radius 2 is 2.15 bits per heavy atom. The van der Waals surface area contributed by atoms with E-state index in [4.69, 9.17) is 0 Å². The SMILES string of the molecule is O=C1CCCC1C1CCCCN1CCc1ccccn1. The molecule has 0 radical (unpaired) electrons. The molecular weight excluding hydrogens is 248 g/mol. The minimum Gasteiger partial charge on any atom is -0.299 e. The lowest BCUT2D eigenvalue weighted by atomic mass is 9.88. The molecule has 1 saturated carbocycles. The molecule has 20 heavy (non-hydrogen) atoms. The lowest BCUT2D eigenvalue weighted by Crippen LogP contribution is -2.46. The normalized spacial score (nSPS) is 27.9. The number of carbonyl (C=O) groups is 1. The van der Waals surface area contributed by atoms with E-state index in [0.717, 1.165) is 44.5 Å². The van der Waals surface area contributed by atoms with Crippen molar-refractivity contribution < 1.29 is 4.79 Å². The Balaban J connectivity index is 1.62. The van der Waals surface area contributed by atoms with Crippen LogP contribution in [0.15, 0.2) is 24.4 Å². The Kier molecular flexibility index (Phi) is 4.46. The number of carbonyl (C=O) groups excluding carboxylic acids is 1.